The average Bonchev–Trinajstić information content (AvgIpc) is 2.70. The second kappa shape index (κ2) is 6.77. The Morgan fingerprint density at radius 2 is 1.67 bits per heavy atom. The fourth-order valence-corrected chi connectivity index (χ4v) is 2.56. The molecule has 1 aliphatic heterocycles. The van der Waals surface area contributed by atoms with E-state index in [0.29, 0.717) is 18.8 Å². The van der Waals surface area contributed by atoms with Crippen molar-refractivity contribution < 1.29 is 18.8 Å². The molecule has 132 valence electrons. The Morgan fingerprint density at radius 3 is 2.17 bits per heavy atom. The van der Waals surface area contributed by atoms with Gasteiger partial charge in [-0.2, -0.15) is 0 Å². The van der Waals surface area contributed by atoms with Crippen LogP contribution in [0.2, 0.25) is 0 Å². The Balaban J connectivity index is 2.31. The Bertz CT molecular complexity index is 595. The molecule has 0 atom stereocenters. The van der Waals surface area contributed by atoms with Gasteiger partial charge >= 0.3 is 13.2 Å². The lowest BCUT2D eigenvalue weighted by Gasteiger charge is -2.32. The Morgan fingerprint density at radius 1 is 1.12 bits per heavy atom. The van der Waals surface area contributed by atoms with Crippen molar-refractivity contribution in [3.05, 3.63) is 23.8 Å². The summed E-state index contributed by atoms with van der Waals surface area (Å²) in [5, 5.41) is 0. The van der Waals surface area contributed by atoms with Gasteiger partial charge < -0.3 is 18.9 Å². The molecule has 0 bridgehead atoms. The van der Waals surface area contributed by atoms with Crippen molar-refractivity contribution >= 4 is 18.7 Å². The highest BCUT2D eigenvalue weighted by Gasteiger charge is 2.52. The minimum atomic E-state index is -0.561. The summed E-state index contributed by atoms with van der Waals surface area (Å²) in [5.74, 6) is 0.482. The first-order valence-corrected chi connectivity index (χ1v) is 8.54. The van der Waals surface area contributed by atoms with Crippen LogP contribution >= 0.6 is 0 Å². The minimum Gasteiger partial charge on any atom is -0.411 e. The zero-order chi connectivity index (χ0) is 18.1. The van der Waals surface area contributed by atoms with Gasteiger partial charge in [0.1, 0.15) is 5.75 Å². The number of nitrogens with zero attached hydrogens (tertiary/aromatic N) is 1. The Kier molecular flexibility index (Phi) is 5.30. The number of carbonyl (C=O) groups excluding carboxylic acids is 1. The van der Waals surface area contributed by atoms with E-state index in [-0.39, 0.29) is 6.09 Å². The van der Waals surface area contributed by atoms with Crippen LogP contribution in [0, 0.1) is 6.92 Å². The van der Waals surface area contributed by atoms with Gasteiger partial charge in [-0.3, -0.25) is 0 Å². The van der Waals surface area contributed by atoms with Crippen LogP contribution in [0.1, 0.15) is 47.1 Å². The first-order chi connectivity index (χ1) is 11.1. The quantitative estimate of drug-likeness (QED) is 0.795. The number of aryl methyl sites for hydroxylation is 1. The fraction of sp³-hybridized carbons (Fsp3) is 0.611. The molecule has 0 radical (unpaired) electrons. The maximum Gasteiger partial charge on any atom is 0.498 e. The molecule has 0 unspecified atom stereocenters. The van der Waals surface area contributed by atoms with Crippen molar-refractivity contribution in [2.24, 2.45) is 0 Å². The topological polar surface area (TPSA) is 48.0 Å². The molecule has 5 nitrogen and oxygen atoms in total. The highest BCUT2D eigenvalue weighted by atomic mass is 16.7. The predicted octanol–water partition coefficient (Wildman–Crippen LogP) is 3.13. The summed E-state index contributed by atoms with van der Waals surface area (Å²) in [5.41, 5.74) is 0.917. The van der Waals surface area contributed by atoms with Gasteiger partial charge in [0.2, 0.25) is 0 Å². The van der Waals surface area contributed by atoms with Gasteiger partial charge in [0.15, 0.2) is 0 Å². The third-order valence-corrected chi connectivity index (χ3v) is 4.89. The zero-order valence-electron chi connectivity index (χ0n) is 15.8. The van der Waals surface area contributed by atoms with Crippen molar-refractivity contribution in [2.45, 2.75) is 59.7 Å². The van der Waals surface area contributed by atoms with Gasteiger partial charge in [-0.15, -0.1) is 0 Å². The minimum absolute atomic E-state index is 0.360. The Hall–Kier alpha value is -1.53. The number of amides is 1. The molecule has 1 aromatic carbocycles. The molecule has 6 heteroatoms. The molecule has 2 rings (SSSR count). The lowest BCUT2D eigenvalue weighted by Crippen LogP contribution is -2.41. The van der Waals surface area contributed by atoms with E-state index in [0.717, 1.165) is 11.0 Å². The van der Waals surface area contributed by atoms with Crippen LogP contribution in [0.25, 0.3) is 0 Å². The molecule has 24 heavy (non-hydrogen) atoms. The lowest BCUT2D eigenvalue weighted by atomic mass is 9.77. The number of hydrogen-bond donors (Lipinski definition) is 0. The van der Waals surface area contributed by atoms with Crippen LogP contribution in [-0.2, 0) is 9.31 Å². The number of rotatable bonds is 4. The highest BCUT2D eigenvalue weighted by molar-refractivity contribution is 6.63. The lowest BCUT2D eigenvalue weighted by molar-refractivity contribution is 0.00578. The summed E-state index contributed by atoms with van der Waals surface area (Å²) in [6, 6.07) is 5.67. The zero-order valence-corrected chi connectivity index (χ0v) is 15.8. The van der Waals surface area contributed by atoms with Crippen molar-refractivity contribution in [1.82, 2.24) is 4.90 Å². The summed E-state index contributed by atoms with van der Waals surface area (Å²) < 4.78 is 17.8. The molecular weight excluding hydrogens is 305 g/mol. The second-order valence-electron chi connectivity index (χ2n) is 7.17. The van der Waals surface area contributed by atoms with Crippen LogP contribution in [-0.4, -0.2) is 42.4 Å². The van der Waals surface area contributed by atoms with E-state index in [9.17, 15) is 4.79 Å². The van der Waals surface area contributed by atoms with Crippen LogP contribution < -0.4 is 10.2 Å². The average molecular weight is 333 g/mol. The molecule has 0 saturated carbocycles. The molecule has 1 fully saturated rings. The van der Waals surface area contributed by atoms with Crippen LogP contribution in [0.3, 0.4) is 0 Å². The van der Waals surface area contributed by atoms with E-state index < -0.39 is 18.3 Å². The molecule has 0 aromatic heterocycles. The van der Waals surface area contributed by atoms with E-state index >= 15 is 0 Å². The molecule has 0 aliphatic carbocycles. The fourth-order valence-electron chi connectivity index (χ4n) is 2.56. The largest absolute Gasteiger partial charge is 0.498 e. The van der Waals surface area contributed by atoms with Gasteiger partial charge in [-0.05, 0) is 54.5 Å². The van der Waals surface area contributed by atoms with Gasteiger partial charge in [0, 0.05) is 18.6 Å². The van der Waals surface area contributed by atoms with Crippen LogP contribution in [0.15, 0.2) is 18.2 Å². The maximum absolute atomic E-state index is 12.3. The van der Waals surface area contributed by atoms with E-state index in [2.05, 4.69) is 0 Å². The van der Waals surface area contributed by atoms with Crippen LogP contribution in [0.4, 0.5) is 4.79 Å². The van der Waals surface area contributed by atoms with Gasteiger partial charge in [0.25, 0.3) is 0 Å². The van der Waals surface area contributed by atoms with Crippen molar-refractivity contribution in [1.29, 1.82) is 0 Å². The first kappa shape index (κ1) is 18.8. The monoisotopic (exact) mass is 333 g/mol. The molecule has 1 heterocycles. The summed E-state index contributed by atoms with van der Waals surface area (Å²) in [7, 11) is -0.561. The van der Waals surface area contributed by atoms with Crippen molar-refractivity contribution in [2.75, 3.05) is 13.1 Å². The first-order valence-electron chi connectivity index (χ1n) is 8.54. The third-order valence-electron chi connectivity index (χ3n) is 4.89. The molecule has 0 spiro atoms. The van der Waals surface area contributed by atoms with Crippen LogP contribution in [0.5, 0.6) is 5.75 Å². The SMILES string of the molecule is CCN(CC)C(=O)Oc1ccc(C)cc1B1OC(C)(C)C(C)(C)O1. The Labute approximate surface area is 145 Å². The van der Waals surface area contributed by atoms with Gasteiger partial charge in [-0.25, -0.2) is 4.79 Å². The molecule has 1 amide bonds. The maximum atomic E-state index is 12.3. The molecule has 1 aromatic rings. The van der Waals surface area contributed by atoms with Crippen molar-refractivity contribution in [3.8, 4) is 5.75 Å². The normalized spacial score (nSPS) is 18.5. The van der Waals surface area contributed by atoms with Gasteiger partial charge in [0.05, 0.1) is 11.2 Å². The summed E-state index contributed by atoms with van der Waals surface area (Å²) in [6.45, 7) is 15.1. The smallest absolute Gasteiger partial charge is 0.411 e. The molecule has 1 aliphatic rings. The van der Waals surface area contributed by atoms with E-state index in [1.54, 1.807) is 11.0 Å². The summed E-state index contributed by atoms with van der Waals surface area (Å²) in [4.78, 5) is 13.9. The predicted molar refractivity (Wildman–Crippen MR) is 95.8 cm³/mol. The summed E-state index contributed by atoms with van der Waals surface area (Å²) >= 11 is 0. The van der Waals surface area contributed by atoms with Gasteiger partial charge in [-0.1, -0.05) is 17.7 Å². The number of ether oxygens (including phenoxy) is 1. The molecule has 1 saturated heterocycles. The standard InChI is InChI=1S/C18H28BNO4/c1-8-20(9-2)16(21)22-15-11-10-13(3)12-14(15)19-23-17(4,5)18(6,7)24-19/h10-12H,8-9H2,1-7H3. The molecule has 0 N–H and O–H groups in total. The van der Waals surface area contributed by atoms with Crippen molar-refractivity contribution in [3.63, 3.8) is 0 Å². The number of carbonyl (C=O) groups is 1. The second-order valence-corrected chi connectivity index (χ2v) is 7.17. The molecular formula is C18H28BNO4. The highest BCUT2D eigenvalue weighted by Crippen LogP contribution is 2.37. The van der Waals surface area contributed by atoms with E-state index in [1.165, 1.54) is 0 Å². The number of hydrogen-bond acceptors (Lipinski definition) is 4. The van der Waals surface area contributed by atoms with E-state index in [4.69, 9.17) is 14.0 Å². The third kappa shape index (κ3) is 3.60. The number of benzene rings is 1. The van der Waals surface area contributed by atoms with E-state index in [1.807, 2.05) is 60.6 Å². The summed E-state index contributed by atoms with van der Waals surface area (Å²) in [6.07, 6.45) is -0.360.